The zero-order valence-electron chi connectivity index (χ0n) is 17.3. The van der Waals surface area contributed by atoms with Crippen LogP contribution in [0.15, 0.2) is 17.6 Å². The molecule has 8 nitrogen and oxygen atoms in total. The number of anilines is 1. The predicted octanol–water partition coefficient (Wildman–Crippen LogP) is 2.52. The molecule has 0 spiro atoms. The van der Waals surface area contributed by atoms with Gasteiger partial charge in [0.1, 0.15) is 18.0 Å². The van der Waals surface area contributed by atoms with Crippen LogP contribution in [0.3, 0.4) is 0 Å². The van der Waals surface area contributed by atoms with Crippen molar-refractivity contribution in [3.8, 4) is 0 Å². The van der Waals surface area contributed by atoms with Gasteiger partial charge < -0.3 is 14.4 Å². The topological polar surface area (TPSA) is 80.0 Å². The Morgan fingerprint density at radius 2 is 1.86 bits per heavy atom. The number of hydrogen-bond acceptors (Lipinski definition) is 7. The Morgan fingerprint density at radius 3 is 2.50 bits per heavy atom. The van der Waals surface area contributed by atoms with Gasteiger partial charge in [0.15, 0.2) is 5.16 Å². The van der Waals surface area contributed by atoms with Crippen molar-refractivity contribution >= 4 is 23.5 Å². The minimum absolute atomic E-state index is 0.143. The van der Waals surface area contributed by atoms with Crippen molar-refractivity contribution in [1.82, 2.24) is 29.6 Å². The molecule has 0 aliphatic carbocycles. The van der Waals surface area contributed by atoms with Crippen LogP contribution in [0.25, 0.3) is 0 Å². The Bertz CT molecular complexity index is 812. The SMILES string of the molecule is Cc1cc(N2CCN(C(=O)CSc3nncn3C(C)C)CC2)nc(C(C)C)n1. The number of rotatable bonds is 6. The number of carbonyl (C=O) groups is 1. The van der Waals surface area contributed by atoms with E-state index in [1.54, 1.807) is 6.33 Å². The van der Waals surface area contributed by atoms with Gasteiger partial charge in [0, 0.05) is 49.9 Å². The molecular weight excluding hydrogens is 374 g/mol. The van der Waals surface area contributed by atoms with E-state index >= 15 is 0 Å². The fourth-order valence-corrected chi connectivity index (χ4v) is 4.03. The molecule has 152 valence electrons. The number of carbonyl (C=O) groups excluding carboxylic acids is 1. The van der Waals surface area contributed by atoms with Gasteiger partial charge >= 0.3 is 0 Å². The third kappa shape index (κ3) is 4.81. The summed E-state index contributed by atoms with van der Waals surface area (Å²) in [6.07, 6.45) is 1.71. The Morgan fingerprint density at radius 1 is 1.14 bits per heavy atom. The molecule has 0 radical (unpaired) electrons. The van der Waals surface area contributed by atoms with E-state index in [-0.39, 0.29) is 11.9 Å². The van der Waals surface area contributed by atoms with Crippen LogP contribution in [-0.4, -0.2) is 67.5 Å². The molecule has 1 saturated heterocycles. The van der Waals surface area contributed by atoms with Crippen molar-refractivity contribution in [2.75, 3.05) is 36.8 Å². The summed E-state index contributed by atoms with van der Waals surface area (Å²) in [7, 11) is 0. The first-order chi connectivity index (χ1) is 13.3. The van der Waals surface area contributed by atoms with Gasteiger partial charge in [-0.3, -0.25) is 4.79 Å². The zero-order valence-corrected chi connectivity index (χ0v) is 18.1. The number of thioether (sulfide) groups is 1. The molecule has 1 aliphatic rings. The van der Waals surface area contributed by atoms with Gasteiger partial charge in [-0.1, -0.05) is 25.6 Å². The molecule has 1 fully saturated rings. The molecule has 1 amide bonds. The number of hydrogen-bond donors (Lipinski definition) is 0. The molecule has 28 heavy (non-hydrogen) atoms. The van der Waals surface area contributed by atoms with Crippen LogP contribution in [-0.2, 0) is 4.79 Å². The van der Waals surface area contributed by atoms with E-state index in [2.05, 4.69) is 47.8 Å². The summed E-state index contributed by atoms with van der Waals surface area (Å²) in [5.41, 5.74) is 0.984. The van der Waals surface area contributed by atoms with Crippen molar-refractivity contribution in [3.63, 3.8) is 0 Å². The maximum atomic E-state index is 12.6. The molecule has 0 saturated carbocycles. The van der Waals surface area contributed by atoms with Crippen LogP contribution >= 0.6 is 11.8 Å². The molecule has 2 aromatic rings. The molecule has 3 heterocycles. The summed E-state index contributed by atoms with van der Waals surface area (Å²) >= 11 is 1.45. The lowest BCUT2D eigenvalue weighted by Crippen LogP contribution is -2.49. The third-order valence-electron chi connectivity index (χ3n) is 4.75. The number of amides is 1. The van der Waals surface area contributed by atoms with E-state index < -0.39 is 0 Å². The van der Waals surface area contributed by atoms with Crippen molar-refractivity contribution in [2.24, 2.45) is 0 Å². The van der Waals surface area contributed by atoms with Gasteiger partial charge in [-0.05, 0) is 20.8 Å². The second-order valence-electron chi connectivity index (χ2n) is 7.65. The van der Waals surface area contributed by atoms with E-state index in [9.17, 15) is 4.79 Å². The molecule has 0 unspecified atom stereocenters. The Hall–Kier alpha value is -2.16. The van der Waals surface area contributed by atoms with Gasteiger partial charge in [0.05, 0.1) is 5.75 Å². The predicted molar refractivity (Wildman–Crippen MR) is 111 cm³/mol. The lowest BCUT2D eigenvalue weighted by Gasteiger charge is -2.35. The van der Waals surface area contributed by atoms with Crippen LogP contribution in [0.1, 0.15) is 51.2 Å². The highest BCUT2D eigenvalue weighted by molar-refractivity contribution is 7.99. The monoisotopic (exact) mass is 403 g/mol. The molecule has 3 rings (SSSR count). The average Bonchev–Trinajstić information content (AvgIpc) is 3.14. The van der Waals surface area contributed by atoms with E-state index in [0.29, 0.717) is 24.8 Å². The highest BCUT2D eigenvalue weighted by atomic mass is 32.2. The summed E-state index contributed by atoms with van der Waals surface area (Å²) in [6, 6.07) is 2.31. The normalized spacial score (nSPS) is 15.0. The van der Waals surface area contributed by atoms with Gasteiger partial charge in [0.2, 0.25) is 5.91 Å². The van der Waals surface area contributed by atoms with Crippen LogP contribution in [0.4, 0.5) is 5.82 Å². The first-order valence-electron chi connectivity index (χ1n) is 9.75. The Balaban J connectivity index is 1.55. The quantitative estimate of drug-likeness (QED) is 0.686. The molecule has 0 bridgehead atoms. The van der Waals surface area contributed by atoms with Crippen molar-refractivity contribution in [3.05, 3.63) is 23.9 Å². The molecule has 9 heteroatoms. The van der Waals surface area contributed by atoms with Gasteiger partial charge in [0.25, 0.3) is 0 Å². The molecule has 2 aromatic heterocycles. The van der Waals surface area contributed by atoms with E-state index in [1.165, 1.54) is 11.8 Å². The second kappa shape index (κ2) is 8.89. The average molecular weight is 404 g/mol. The summed E-state index contributed by atoms with van der Waals surface area (Å²) in [5, 5.41) is 8.86. The Kier molecular flexibility index (Phi) is 6.53. The lowest BCUT2D eigenvalue weighted by molar-refractivity contribution is -0.128. The fourth-order valence-electron chi connectivity index (χ4n) is 3.09. The number of aryl methyl sites for hydroxylation is 1. The summed E-state index contributed by atoms with van der Waals surface area (Å²) in [4.78, 5) is 26.0. The second-order valence-corrected chi connectivity index (χ2v) is 8.59. The minimum atomic E-state index is 0.143. The highest BCUT2D eigenvalue weighted by Gasteiger charge is 2.23. The first-order valence-corrected chi connectivity index (χ1v) is 10.7. The van der Waals surface area contributed by atoms with Crippen molar-refractivity contribution in [2.45, 2.75) is 51.7 Å². The number of nitrogens with zero attached hydrogens (tertiary/aromatic N) is 7. The fraction of sp³-hybridized carbons (Fsp3) is 0.632. The molecule has 0 N–H and O–H groups in total. The van der Waals surface area contributed by atoms with E-state index in [1.807, 2.05) is 22.5 Å². The zero-order chi connectivity index (χ0) is 20.3. The number of piperazine rings is 1. The molecule has 0 aromatic carbocycles. The van der Waals surface area contributed by atoms with Crippen LogP contribution in [0.5, 0.6) is 0 Å². The van der Waals surface area contributed by atoms with E-state index in [0.717, 1.165) is 35.6 Å². The summed E-state index contributed by atoms with van der Waals surface area (Å²) < 4.78 is 1.99. The maximum absolute atomic E-state index is 12.6. The lowest BCUT2D eigenvalue weighted by atomic mass is 10.2. The van der Waals surface area contributed by atoms with Crippen LogP contribution in [0, 0.1) is 6.92 Å². The highest BCUT2D eigenvalue weighted by Crippen LogP contribution is 2.21. The van der Waals surface area contributed by atoms with E-state index in [4.69, 9.17) is 4.98 Å². The summed E-state index contributed by atoms with van der Waals surface area (Å²) in [5.74, 6) is 2.66. The molecular formula is C19H29N7OS. The number of aromatic nitrogens is 5. The third-order valence-corrected chi connectivity index (χ3v) is 5.69. The smallest absolute Gasteiger partial charge is 0.233 e. The van der Waals surface area contributed by atoms with Crippen LogP contribution in [0.2, 0.25) is 0 Å². The van der Waals surface area contributed by atoms with Gasteiger partial charge in [-0.15, -0.1) is 10.2 Å². The minimum Gasteiger partial charge on any atom is -0.353 e. The van der Waals surface area contributed by atoms with Crippen LogP contribution < -0.4 is 4.90 Å². The molecule has 0 atom stereocenters. The largest absolute Gasteiger partial charge is 0.353 e. The summed E-state index contributed by atoms with van der Waals surface area (Å²) in [6.45, 7) is 13.3. The Labute approximate surface area is 170 Å². The standard InChI is InChI=1S/C19H29N7OS/c1-13(2)18-21-15(5)10-16(22-18)24-6-8-25(9-7-24)17(27)11-28-19-23-20-12-26(19)14(3)4/h10,12-14H,6-9,11H2,1-5H3. The maximum Gasteiger partial charge on any atom is 0.233 e. The van der Waals surface area contributed by atoms with Crippen molar-refractivity contribution in [1.29, 1.82) is 0 Å². The van der Waals surface area contributed by atoms with Gasteiger partial charge in [-0.25, -0.2) is 9.97 Å². The molecule has 1 aliphatic heterocycles. The van der Waals surface area contributed by atoms with Crippen molar-refractivity contribution < 1.29 is 4.79 Å². The van der Waals surface area contributed by atoms with Gasteiger partial charge in [-0.2, -0.15) is 0 Å². The first kappa shape index (κ1) is 20.6.